The van der Waals surface area contributed by atoms with Gasteiger partial charge in [-0.15, -0.1) is 0 Å². The molecule has 310 valence electrons. The van der Waals surface area contributed by atoms with E-state index in [-0.39, 0.29) is 28.4 Å². The van der Waals surface area contributed by atoms with Crippen molar-refractivity contribution in [2.45, 2.75) is 105 Å². The van der Waals surface area contributed by atoms with Crippen LogP contribution in [0.2, 0.25) is 0 Å². The van der Waals surface area contributed by atoms with Gasteiger partial charge >= 0.3 is 0 Å². The van der Waals surface area contributed by atoms with Gasteiger partial charge < -0.3 is 14.2 Å². The summed E-state index contributed by atoms with van der Waals surface area (Å²) >= 11 is 0. The largest absolute Gasteiger partial charge is 0.456 e. The minimum atomic E-state index is -0.0861. The monoisotopic (exact) mass is 810 g/mol. The molecule has 0 N–H and O–H groups in total. The second-order valence-electron chi connectivity index (χ2n) is 21.9. The first-order valence-electron chi connectivity index (χ1n) is 22.5. The number of benzene rings is 7. The van der Waals surface area contributed by atoms with E-state index in [1.807, 2.05) is 6.07 Å². The van der Waals surface area contributed by atoms with Gasteiger partial charge in [0.25, 0.3) is 6.71 Å². The molecule has 0 aliphatic carbocycles. The summed E-state index contributed by atoms with van der Waals surface area (Å²) in [6.07, 6.45) is 0. The molecule has 0 saturated carbocycles. The topological polar surface area (TPSA) is 19.6 Å². The van der Waals surface area contributed by atoms with Crippen LogP contribution >= 0.6 is 0 Å². The standard InChI is InChI=1S/C58H59BN2O/c1-55(2,3)37-21-25-40(26-22-37)60-48-29-23-38(56(4,5)6)33-46(48)59-47-34-39(57(7,8)9)24-30-49(47)61(51-18-15-17-50(60)54(51)59)41-27-28-45(58(10,11)12)43(35-41)36-20-31-53-44(32-36)42-16-13-14-19-52(42)62-53/h13-35H,1-12H3. The predicted molar refractivity (Wildman–Crippen MR) is 268 cm³/mol. The molecule has 4 heteroatoms. The lowest BCUT2D eigenvalue weighted by molar-refractivity contribution is 0.590. The van der Waals surface area contributed by atoms with Crippen molar-refractivity contribution in [3.63, 3.8) is 0 Å². The molecule has 0 spiro atoms. The number of para-hydroxylation sites is 1. The van der Waals surface area contributed by atoms with Crippen molar-refractivity contribution < 1.29 is 4.42 Å². The highest BCUT2D eigenvalue weighted by atomic mass is 16.3. The molecular weight excluding hydrogens is 751 g/mol. The van der Waals surface area contributed by atoms with E-state index in [1.165, 1.54) is 78.2 Å². The Kier molecular flexibility index (Phi) is 8.89. The van der Waals surface area contributed by atoms with E-state index in [1.54, 1.807) is 0 Å². The second kappa shape index (κ2) is 13.8. The average molecular weight is 811 g/mol. The first-order valence-corrected chi connectivity index (χ1v) is 22.5. The number of furan rings is 1. The van der Waals surface area contributed by atoms with Crippen molar-refractivity contribution in [1.29, 1.82) is 0 Å². The molecular formula is C58H59BN2O. The lowest BCUT2D eigenvalue weighted by Gasteiger charge is -2.45. The maximum atomic E-state index is 6.31. The second-order valence-corrected chi connectivity index (χ2v) is 21.9. The Labute approximate surface area is 369 Å². The van der Waals surface area contributed by atoms with Crippen LogP contribution in [-0.2, 0) is 21.7 Å². The molecule has 2 aliphatic rings. The van der Waals surface area contributed by atoms with Gasteiger partial charge in [-0.25, -0.2) is 0 Å². The first-order chi connectivity index (χ1) is 29.3. The number of anilines is 6. The van der Waals surface area contributed by atoms with Gasteiger partial charge in [-0.2, -0.15) is 0 Å². The Balaban J connectivity index is 1.25. The van der Waals surface area contributed by atoms with Crippen LogP contribution in [0.15, 0.2) is 144 Å². The van der Waals surface area contributed by atoms with Crippen LogP contribution in [0.25, 0.3) is 33.1 Å². The van der Waals surface area contributed by atoms with E-state index >= 15 is 0 Å². The summed E-state index contributed by atoms with van der Waals surface area (Å²) in [5, 5.41) is 2.29. The van der Waals surface area contributed by atoms with Gasteiger partial charge in [-0.05, 0) is 138 Å². The molecule has 0 radical (unpaired) electrons. The summed E-state index contributed by atoms with van der Waals surface area (Å²) < 4.78 is 6.31. The quantitative estimate of drug-likeness (QED) is 0.166. The summed E-state index contributed by atoms with van der Waals surface area (Å²) in [5.41, 5.74) is 20.8. The van der Waals surface area contributed by atoms with E-state index < -0.39 is 0 Å². The van der Waals surface area contributed by atoms with Crippen LogP contribution in [0, 0.1) is 0 Å². The molecule has 0 saturated heterocycles. The summed E-state index contributed by atoms with van der Waals surface area (Å²) in [6, 6.07) is 53.1. The fourth-order valence-corrected chi connectivity index (χ4v) is 10.0. The summed E-state index contributed by atoms with van der Waals surface area (Å²) in [5.74, 6) is 0. The van der Waals surface area contributed by atoms with Crippen LogP contribution in [0.3, 0.4) is 0 Å². The maximum Gasteiger partial charge on any atom is 0.252 e. The third kappa shape index (κ3) is 6.48. The molecule has 3 heterocycles. The highest BCUT2D eigenvalue weighted by molar-refractivity contribution is 7.00. The van der Waals surface area contributed by atoms with E-state index in [9.17, 15) is 0 Å². The first kappa shape index (κ1) is 40.1. The average Bonchev–Trinajstić information content (AvgIpc) is 3.60. The highest BCUT2D eigenvalue weighted by Gasteiger charge is 2.44. The number of hydrogen-bond acceptors (Lipinski definition) is 3. The third-order valence-electron chi connectivity index (χ3n) is 13.5. The third-order valence-corrected chi connectivity index (χ3v) is 13.5. The van der Waals surface area contributed by atoms with E-state index in [0.717, 1.165) is 27.6 Å². The molecule has 7 aromatic carbocycles. The number of nitrogens with zero attached hydrogens (tertiary/aromatic N) is 2. The van der Waals surface area contributed by atoms with Crippen LogP contribution in [-0.4, -0.2) is 6.71 Å². The Morgan fingerprint density at radius 3 is 1.52 bits per heavy atom. The molecule has 0 fully saturated rings. The van der Waals surface area contributed by atoms with Crippen molar-refractivity contribution in [2.75, 3.05) is 9.80 Å². The van der Waals surface area contributed by atoms with Crippen molar-refractivity contribution >= 4 is 79.2 Å². The SMILES string of the molecule is CC(C)(C)c1ccc(N2c3ccc(C(C)(C)C)cc3B3c4cc(C(C)(C)C)ccc4N(c4ccc(C(C)(C)C)c(-c5ccc6oc7ccccc7c6c5)c4)c4cccc2c43)cc1. The van der Waals surface area contributed by atoms with Crippen molar-refractivity contribution in [3.05, 3.63) is 162 Å². The fourth-order valence-electron chi connectivity index (χ4n) is 10.0. The molecule has 0 bridgehead atoms. The zero-order valence-corrected chi connectivity index (χ0v) is 38.7. The van der Waals surface area contributed by atoms with E-state index in [4.69, 9.17) is 4.42 Å². The molecule has 62 heavy (non-hydrogen) atoms. The van der Waals surface area contributed by atoms with Crippen LogP contribution in [0.4, 0.5) is 34.1 Å². The van der Waals surface area contributed by atoms with Gasteiger partial charge in [-0.1, -0.05) is 156 Å². The summed E-state index contributed by atoms with van der Waals surface area (Å²) in [4.78, 5) is 5.08. The lowest BCUT2D eigenvalue weighted by Crippen LogP contribution is -2.61. The van der Waals surface area contributed by atoms with E-state index in [0.29, 0.717) is 0 Å². The van der Waals surface area contributed by atoms with Crippen molar-refractivity contribution in [1.82, 2.24) is 0 Å². The Morgan fingerprint density at radius 1 is 0.403 bits per heavy atom. The molecule has 0 atom stereocenters. The summed E-state index contributed by atoms with van der Waals surface area (Å²) in [7, 11) is 0. The normalized spacial score (nSPS) is 14.0. The highest BCUT2D eigenvalue weighted by Crippen LogP contribution is 2.47. The van der Waals surface area contributed by atoms with Gasteiger partial charge in [0.15, 0.2) is 0 Å². The molecule has 10 rings (SSSR count). The number of hydrogen-bond donors (Lipinski definition) is 0. The Morgan fingerprint density at radius 2 is 0.935 bits per heavy atom. The maximum absolute atomic E-state index is 6.31. The van der Waals surface area contributed by atoms with Gasteiger partial charge in [0, 0.05) is 44.9 Å². The minimum Gasteiger partial charge on any atom is -0.456 e. The fraction of sp³-hybridized carbons (Fsp3) is 0.276. The molecule has 0 unspecified atom stereocenters. The van der Waals surface area contributed by atoms with Crippen LogP contribution < -0.4 is 26.2 Å². The molecule has 8 aromatic rings. The minimum absolute atomic E-state index is 0.0121. The van der Waals surface area contributed by atoms with Gasteiger partial charge in [-0.3, -0.25) is 0 Å². The predicted octanol–water partition coefficient (Wildman–Crippen LogP) is 14.5. The molecule has 3 nitrogen and oxygen atoms in total. The Bertz CT molecular complexity index is 3070. The summed E-state index contributed by atoms with van der Waals surface area (Å²) in [6.45, 7) is 27.9. The van der Waals surface area contributed by atoms with Gasteiger partial charge in [0.2, 0.25) is 0 Å². The van der Waals surface area contributed by atoms with E-state index in [2.05, 4.69) is 226 Å². The zero-order chi connectivity index (χ0) is 43.7. The van der Waals surface area contributed by atoms with Crippen LogP contribution in [0.5, 0.6) is 0 Å². The zero-order valence-electron chi connectivity index (χ0n) is 38.7. The molecule has 0 amide bonds. The van der Waals surface area contributed by atoms with Crippen LogP contribution in [0.1, 0.15) is 105 Å². The Hall–Kier alpha value is -6.00. The lowest BCUT2D eigenvalue weighted by atomic mass is 9.33. The number of rotatable bonds is 3. The van der Waals surface area contributed by atoms with Crippen molar-refractivity contribution in [2.24, 2.45) is 0 Å². The van der Waals surface area contributed by atoms with Crippen molar-refractivity contribution in [3.8, 4) is 11.1 Å². The van der Waals surface area contributed by atoms with Gasteiger partial charge in [0.05, 0.1) is 0 Å². The molecule has 2 aliphatic heterocycles. The smallest absolute Gasteiger partial charge is 0.252 e. The van der Waals surface area contributed by atoms with Gasteiger partial charge in [0.1, 0.15) is 11.2 Å². The number of fused-ring (bicyclic) bond motifs is 7. The molecule has 1 aromatic heterocycles.